The van der Waals surface area contributed by atoms with Crippen LogP contribution in [0.15, 0.2) is 22.7 Å². The number of rotatable bonds is 3. The second-order valence-corrected chi connectivity index (χ2v) is 3.56. The van der Waals surface area contributed by atoms with E-state index in [4.69, 9.17) is 5.11 Å². The predicted molar refractivity (Wildman–Crippen MR) is 57.4 cm³/mol. The predicted octanol–water partition coefficient (Wildman–Crippen LogP) is 2.59. The summed E-state index contributed by atoms with van der Waals surface area (Å²) in [6, 6.07) is 2.07. The molecule has 84 valence electrons. The van der Waals surface area contributed by atoms with Gasteiger partial charge in [0.2, 0.25) is 0 Å². The summed E-state index contributed by atoms with van der Waals surface area (Å²) in [5.41, 5.74) is -0.347. The minimum atomic E-state index is -1.22. The van der Waals surface area contributed by atoms with Crippen molar-refractivity contribution in [1.82, 2.24) is 0 Å². The topological polar surface area (TPSA) is 80.4 Å². The monoisotopic (exact) mass is 289 g/mol. The smallest absolute Gasteiger partial charge is 0.328 e. The molecule has 1 rings (SSSR count). The summed E-state index contributed by atoms with van der Waals surface area (Å²) in [6.07, 6.45) is 1.84. The zero-order valence-electron chi connectivity index (χ0n) is 7.68. The number of nitro benzene ring substituents is 1. The molecule has 0 aromatic heterocycles. The summed E-state index contributed by atoms with van der Waals surface area (Å²) >= 11 is 2.74. The van der Waals surface area contributed by atoms with Gasteiger partial charge in [0, 0.05) is 12.1 Å². The van der Waals surface area contributed by atoms with Gasteiger partial charge in [-0.25, -0.2) is 9.18 Å². The highest BCUT2D eigenvalue weighted by atomic mass is 79.9. The first kappa shape index (κ1) is 12.3. The molecule has 0 aliphatic rings. The summed E-state index contributed by atoms with van der Waals surface area (Å²) in [6.45, 7) is 0. The molecule has 1 aromatic rings. The fourth-order valence-corrected chi connectivity index (χ4v) is 1.37. The van der Waals surface area contributed by atoms with Gasteiger partial charge in [-0.3, -0.25) is 10.1 Å². The van der Waals surface area contributed by atoms with Gasteiger partial charge in [0.05, 0.1) is 4.92 Å². The third kappa shape index (κ3) is 2.86. The fraction of sp³-hybridized carbons (Fsp3) is 0. The highest BCUT2D eigenvalue weighted by Gasteiger charge is 2.16. The number of nitrogens with zero attached hydrogens (tertiary/aromatic N) is 1. The fourth-order valence-electron chi connectivity index (χ4n) is 0.992. The SMILES string of the molecule is O=C(O)/C=C/c1cc(F)c(Br)c([N+](=O)[O-])c1. The largest absolute Gasteiger partial charge is 0.478 e. The maximum atomic E-state index is 13.2. The van der Waals surface area contributed by atoms with E-state index in [1.807, 2.05) is 0 Å². The van der Waals surface area contributed by atoms with Crippen LogP contribution in [0.5, 0.6) is 0 Å². The van der Waals surface area contributed by atoms with Crippen LogP contribution in [0.25, 0.3) is 6.08 Å². The van der Waals surface area contributed by atoms with Crippen LogP contribution in [0.4, 0.5) is 10.1 Å². The van der Waals surface area contributed by atoms with E-state index in [0.717, 1.165) is 24.3 Å². The van der Waals surface area contributed by atoms with Crippen LogP contribution < -0.4 is 0 Å². The Morgan fingerprint density at radius 1 is 1.56 bits per heavy atom. The summed E-state index contributed by atoms with van der Waals surface area (Å²) in [7, 11) is 0. The lowest BCUT2D eigenvalue weighted by Gasteiger charge is -1.99. The van der Waals surface area contributed by atoms with E-state index in [2.05, 4.69) is 15.9 Å². The van der Waals surface area contributed by atoms with E-state index in [0.29, 0.717) is 0 Å². The maximum Gasteiger partial charge on any atom is 0.328 e. The first-order valence-electron chi connectivity index (χ1n) is 3.96. The number of hydrogen-bond donors (Lipinski definition) is 1. The molecule has 1 aromatic carbocycles. The lowest BCUT2D eigenvalue weighted by Crippen LogP contribution is -1.93. The van der Waals surface area contributed by atoms with E-state index < -0.39 is 22.4 Å². The molecule has 0 saturated carbocycles. The van der Waals surface area contributed by atoms with Gasteiger partial charge in [0.25, 0.3) is 5.69 Å². The molecular formula is C9H5BrFNO4. The third-order valence-corrected chi connectivity index (χ3v) is 2.43. The summed E-state index contributed by atoms with van der Waals surface area (Å²) in [5.74, 6) is -2.04. The third-order valence-electron chi connectivity index (χ3n) is 1.65. The molecule has 0 atom stereocenters. The van der Waals surface area contributed by atoms with Crippen molar-refractivity contribution in [1.29, 1.82) is 0 Å². The number of carboxylic acids is 1. The van der Waals surface area contributed by atoms with Gasteiger partial charge in [0.1, 0.15) is 10.3 Å². The first-order valence-corrected chi connectivity index (χ1v) is 4.75. The number of hydrogen-bond acceptors (Lipinski definition) is 3. The normalized spacial score (nSPS) is 10.6. The van der Waals surface area contributed by atoms with Crippen LogP contribution in [0, 0.1) is 15.9 Å². The second-order valence-electron chi connectivity index (χ2n) is 2.76. The molecule has 0 heterocycles. The molecule has 16 heavy (non-hydrogen) atoms. The van der Waals surface area contributed by atoms with Gasteiger partial charge >= 0.3 is 5.97 Å². The van der Waals surface area contributed by atoms with Gasteiger partial charge in [-0.2, -0.15) is 0 Å². The molecule has 5 nitrogen and oxygen atoms in total. The molecular weight excluding hydrogens is 285 g/mol. The number of halogens is 2. The minimum absolute atomic E-state index is 0.106. The number of aliphatic carboxylic acids is 1. The first-order chi connectivity index (χ1) is 7.41. The zero-order valence-corrected chi connectivity index (χ0v) is 9.27. The van der Waals surface area contributed by atoms with Crippen LogP contribution in [-0.4, -0.2) is 16.0 Å². The molecule has 7 heteroatoms. The van der Waals surface area contributed by atoms with E-state index in [1.54, 1.807) is 0 Å². The number of nitro groups is 1. The van der Waals surface area contributed by atoms with Gasteiger partial charge in [-0.05, 0) is 33.6 Å². The summed E-state index contributed by atoms with van der Waals surface area (Å²) in [4.78, 5) is 20.0. The van der Waals surface area contributed by atoms with Crippen molar-refractivity contribution >= 4 is 33.7 Å². The van der Waals surface area contributed by atoms with E-state index in [-0.39, 0.29) is 10.0 Å². The van der Waals surface area contributed by atoms with Crippen molar-refractivity contribution in [2.45, 2.75) is 0 Å². The second kappa shape index (κ2) is 4.84. The molecule has 0 radical (unpaired) electrons. The average Bonchev–Trinajstić information content (AvgIpc) is 2.19. The Kier molecular flexibility index (Phi) is 3.73. The Balaban J connectivity index is 3.24. The Hall–Kier alpha value is -1.76. The number of carbonyl (C=O) groups is 1. The Morgan fingerprint density at radius 3 is 2.69 bits per heavy atom. The average molecular weight is 290 g/mol. The lowest BCUT2D eigenvalue weighted by atomic mass is 10.2. The van der Waals surface area contributed by atoms with Gasteiger partial charge in [-0.15, -0.1) is 0 Å². The van der Waals surface area contributed by atoms with Crippen LogP contribution in [0.1, 0.15) is 5.56 Å². The summed E-state index contributed by atoms with van der Waals surface area (Å²) in [5, 5.41) is 18.9. The van der Waals surface area contributed by atoms with E-state index in [9.17, 15) is 19.3 Å². The van der Waals surface area contributed by atoms with Gasteiger partial charge in [0.15, 0.2) is 0 Å². The molecule has 0 unspecified atom stereocenters. The van der Waals surface area contributed by atoms with Crippen molar-refractivity contribution < 1.29 is 19.2 Å². The van der Waals surface area contributed by atoms with Crippen molar-refractivity contribution in [3.05, 3.63) is 44.2 Å². The number of benzene rings is 1. The van der Waals surface area contributed by atoms with Crippen LogP contribution in [0.3, 0.4) is 0 Å². The molecule has 0 spiro atoms. The number of carboxylic acid groups (broad SMARTS) is 1. The lowest BCUT2D eigenvalue weighted by molar-refractivity contribution is -0.385. The highest BCUT2D eigenvalue weighted by Crippen LogP contribution is 2.29. The highest BCUT2D eigenvalue weighted by molar-refractivity contribution is 9.10. The standard InChI is InChI=1S/C9H5BrFNO4/c10-9-6(11)3-5(1-2-8(13)14)4-7(9)12(15)16/h1-4H,(H,13,14)/b2-1+. The summed E-state index contributed by atoms with van der Waals surface area (Å²) < 4.78 is 12.9. The molecule has 0 fully saturated rings. The van der Waals surface area contributed by atoms with Crippen molar-refractivity contribution in [2.24, 2.45) is 0 Å². The molecule has 0 amide bonds. The van der Waals surface area contributed by atoms with Crippen molar-refractivity contribution in [2.75, 3.05) is 0 Å². The minimum Gasteiger partial charge on any atom is -0.478 e. The molecule has 0 bridgehead atoms. The van der Waals surface area contributed by atoms with Crippen LogP contribution >= 0.6 is 15.9 Å². The molecule has 0 aliphatic carbocycles. The quantitative estimate of drug-likeness (QED) is 0.527. The van der Waals surface area contributed by atoms with Gasteiger partial charge < -0.3 is 5.11 Å². The Bertz CT molecular complexity index is 487. The van der Waals surface area contributed by atoms with Gasteiger partial charge in [-0.1, -0.05) is 0 Å². The molecule has 0 saturated heterocycles. The Labute approximate surface area is 97.5 Å². The van der Waals surface area contributed by atoms with Crippen LogP contribution in [-0.2, 0) is 4.79 Å². The Morgan fingerprint density at radius 2 is 2.19 bits per heavy atom. The maximum absolute atomic E-state index is 13.2. The zero-order chi connectivity index (χ0) is 12.3. The van der Waals surface area contributed by atoms with E-state index in [1.165, 1.54) is 0 Å². The molecule has 0 aliphatic heterocycles. The van der Waals surface area contributed by atoms with Crippen molar-refractivity contribution in [3.63, 3.8) is 0 Å². The van der Waals surface area contributed by atoms with Crippen LogP contribution in [0.2, 0.25) is 0 Å². The van der Waals surface area contributed by atoms with Crippen molar-refractivity contribution in [3.8, 4) is 0 Å². The van der Waals surface area contributed by atoms with E-state index >= 15 is 0 Å². The molecule has 1 N–H and O–H groups in total.